The van der Waals surface area contributed by atoms with E-state index in [9.17, 15) is 13.6 Å². The van der Waals surface area contributed by atoms with Crippen LogP contribution in [-0.4, -0.2) is 31.2 Å². The molecule has 3 N–H and O–H groups in total. The minimum atomic E-state index is -0.884. The van der Waals surface area contributed by atoms with Gasteiger partial charge in [-0.25, -0.2) is 13.8 Å². The molecule has 5 nitrogen and oxygen atoms in total. The number of amides is 1. The number of nitrogens with one attached hydrogen (secondary N) is 1. The standard InChI is InChI=1S/C16H20F2N4O/c1-3-21-16(20-2)22-15(23)8-14(19)10-5-4-9-6-12(17)13(18)7-11(9)10/h3,6-7,10,14H,4-5,8,19H2,1-2H3,(H,20,22,23). The summed E-state index contributed by atoms with van der Waals surface area (Å²) in [6.07, 6.45) is 2.89. The summed E-state index contributed by atoms with van der Waals surface area (Å²) in [6, 6.07) is 1.93. The van der Waals surface area contributed by atoms with Crippen LogP contribution < -0.4 is 11.1 Å². The zero-order valence-electron chi connectivity index (χ0n) is 13.1. The number of nitrogens with two attached hydrogens (primary N) is 1. The number of hydrogen-bond donors (Lipinski definition) is 2. The number of guanidine groups is 1. The lowest BCUT2D eigenvalue weighted by molar-refractivity contribution is -0.120. The smallest absolute Gasteiger partial charge is 0.228 e. The zero-order chi connectivity index (χ0) is 17.0. The fourth-order valence-corrected chi connectivity index (χ4v) is 2.88. The molecule has 0 spiro atoms. The highest BCUT2D eigenvalue weighted by atomic mass is 19.2. The van der Waals surface area contributed by atoms with Crippen molar-refractivity contribution in [1.82, 2.24) is 5.32 Å². The molecule has 1 aliphatic carbocycles. The molecule has 0 heterocycles. The minimum Gasteiger partial charge on any atom is -0.327 e. The monoisotopic (exact) mass is 322 g/mol. The lowest BCUT2D eigenvalue weighted by Gasteiger charge is -2.20. The molecule has 0 fully saturated rings. The summed E-state index contributed by atoms with van der Waals surface area (Å²) in [7, 11) is 1.52. The maximum Gasteiger partial charge on any atom is 0.228 e. The van der Waals surface area contributed by atoms with E-state index < -0.39 is 17.7 Å². The quantitative estimate of drug-likeness (QED) is 0.658. The van der Waals surface area contributed by atoms with E-state index in [0.717, 1.165) is 5.56 Å². The molecule has 1 aliphatic rings. The van der Waals surface area contributed by atoms with Gasteiger partial charge in [0.1, 0.15) is 0 Å². The number of carbonyl (C=O) groups is 1. The third-order valence-corrected chi connectivity index (χ3v) is 3.96. The van der Waals surface area contributed by atoms with Crippen molar-refractivity contribution >= 4 is 18.1 Å². The van der Waals surface area contributed by atoms with E-state index in [1.54, 1.807) is 6.92 Å². The van der Waals surface area contributed by atoms with Gasteiger partial charge < -0.3 is 5.73 Å². The lowest BCUT2D eigenvalue weighted by Crippen LogP contribution is -2.37. The Bertz CT molecular complexity index is 658. The highest BCUT2D eigenvalue weighted by Crippen LogP contribution is 2.36. The molecule has 0 aliphatic heterocycles. The lowest BCUT2D eigenvalue weighted by atomic mass is 9.91. The van der Waals surface area contributed by atoms with Crippen LogP contribution in [0.2, 0.25) is 0 Å². The van der Waals surface area contributed by atoms with Crippen LogP contribution in [0.4, 0.5) is 8.78 Å². The Labute approximate surface area is 133 Å². The molecule has 124 valence electrons. The normalized spacial score (nSPS) is 19.0. The van der Waals surface area contributed by atoms with Gasteiger partial charge in [-0.05, 0) is 43.0 Å². The fraction of sp³-hybridized carbons (Fsp3) is 0.438. The van der Waals surface area contributed by atoms with Crippen molar-refractivity contribution < 1.29 is 13.6 Å². The van der Waals surface area contributed by atoms with Crippen LogP contribution in [0.5, 0.6) is 0 Å². The largest absolute Gasteiger partial charge is 0.327 e. The van der Waals surface area contributed by atoms with Gasteiger partial charge in [-0.3, -0.25) is 15.1 Å². The van der Waals surface area contributed by atoms with Crippen LogP contribution in [0.15, 0.2) is 22.1 Å². The zero-order valence-corrected chi connectivity index (χ0v) is 13.1. The number of rotatable bonds is 3. The molecule has 1 amide bonds. The Hall–Kier alpha value is -2.15. The first-order valence-corrected chi connectivity index (χ1v) is 7.45. The summed E-state index contributed by atoms with van der Waals surface area (Å²) in [6.45, 7) is 1.71. The van der Waals surface area contributed by atoms with Crippen molar-refractivity contribution in [3.05, 3.63) is 34.9 Å². The van der Waals surface area contributed by atoms with Crippen LogP contribution in [0.3, 0.4) is 0 Å². The molecule has 2 rings (SSSR count). The number of fused-ring (bicyclic) bond motifs is 1. The van der Waals surface area contributed by atoms with E-state index in [2.05, 4.69) is 15.3 Å². The van der Waals surface area contributed by atoms with Crippen LogP contribution in [0.25, 0.3) is 0 Å². The van der Waals surface area contributed by atoms with E-state index in [1.165, 1.54) is 25.4 Å². The van der Waals surface area contributed by atoms with Gasteiger partial charge in [-0.15, -0.1) is 0 Å². The van der Waals surface area contributed by atoms with Crippen molar-refractivity contribution in [2.75, 3.05) is 7.05 Å². The minimum absolute atomic E-state index is 0.0569. The molecule has 2 unspecified atom stereocenters. The second kappa shape index (κ2) is 7.41. The first kappa shape index (κ1) is 17.2. The molecule has 0 bridgehead atoms. The van der Waals surface area contributed by atoms with Crippen molar-refractivity contribution in [3.8, 4) is 0 Å². The number of aryl methyl sites for hydroxylation is 1. The number of carbonyl (C=O) groups excluding carboxylic acids is 1. The molecule has 0 saturated carbocycles. The molecule has 0 aromatic heterocycles. The number of halogens is 2. The Morgan fingerprint density at radius 1 is 1.48 bits per heavy atom. The predicted molar refractivity (Wildman–Crippen MR) is 85.7 cm³/mol. The van der Waals surface area contributed by atoms with Crippen LogP contribution in [0, 0.1) is 11.6 Å². The maximum atomic E-state index is 13.4. The number of hydrogen-bond acceptors (Lipinski definition) is 3. The molecule has 1 aromatic rings. The molecular formula is C16H20F2N4O. The number of nitrogens with zero attached hydrogens (tertiary/aromatic N) is 2. The Balaban J connectivity index is 2.05. The van der Waals surface area contributed by atoms with Gasteiger partial charge >= 0.3 is 0 Å². The van der Waals surface area contributed by atoms with Crippen LogP contribution in [0.1, 0.15) is 36.8 Å². The summed E-state index contributed by atoms with van der Waals surface area (Å²) < 4.78 is 26.7. The van der Waals surface area contributed by atoms with E-state index >= 15 is 0 Å². The third kappa shape index (κ3) is 3.98. The number of aliphatic imine (C=N–C) groups is 2. The molecule has 1 aromatic carbocycles. The second-order valence-electron chi connectivity index (χ2n) is 5.46. The maximum absolute atomic E-state index is 13.4. The Kier molecular flexibility index (Phi) is 5.54. The van der Waals surface area contributed by atoms with Crippen molar-refractivity contribution in [2.24, 2.45) is 15.7 Å². The summed E-state index contributed by atoms with van der Waals surface area (Å²) in [4.78, 5) is 19.7. The van der Waals surface area contributed by atoms with Gasteiger partial charge in [-0.2, -0.15) is 0 Å². The first-order chi connectivity index (χ1) is 11.0. The average molecular weight is 322 g/mol. The first-order valence-electron chi connectivity index (χ1n) is 7.45. The topological polar surface area (TPSA) is 79.8 Å². The second-order valence-corrected chi connectivity index (χ2v) is 5.46. The van der Waals surface area contributed by atoms with Gasteiger partial charge in [0.2, 0.25) is 11.9 Å². The van der Waals surface area contributed by atoms with Gasteiger partial charge in [0.25, 0.3) is 0 Å². The van der Waals surface area contributed by atoms with Crippen molar-refractivity contribution in [3.63, 3.8) is 0 Å². The summed E-state index contributed by atoms with van der Waals surface area (Å²) in [5.41, 5.74) is 7.57. The van der Waals surface area contributed by atoms with Gasteiger partial charge in [0, 0.05) is 31.6 Å². The third-order valence-electron chi connectivity index (χ3n) is 3.96. The summed E-state index contributed by atoms with van der Waals surface area (Å²) >= 11 is 0. The molecule has 0 saturated heterocycles. The molecule has 2 atom stereocenters. The van der Waals surface area contributed by atoms with Gasteiger partial charge in [-0.1, -0.05) is 0 Å². The van der Waals surface area contributed by atoms with E-state index in [4.69, 9.17) is 5.73 Å². The van der Waals surface area contributed by atoms with E-state index in [1.807, 2.05) is 0 Å². The summed E-state index contributed by atoms with van der Waals surface area (Å²) in [5, 5.41) is 2.57. The molecular weight excluding hydrogens is 302 g/mol. The van der Waals surface area contributed by atoms with Crippen LogP contribution >= 0.6 is 0 Å². The van der Waals surface area contributed by atoms with E-state index in [0.29, 0.717) is 18.4 Å². The van der Waals surface area contributed by atoms with Gasteiger partial charge in [0.05, 0.1) is 0 Å². The predicted octanol–water partition coefficient (Wildman–Crippen LogP) is 1.90. The average Bonchev–Trinajstić information content (AvgIpc) is 2.90. The van der Waals surface area contributed by atoms with Crippen molar-refractivity contribution in [2.45, 2.75) is 38.1 Å². The SMILES string of the molecule is CC=NC(=NC)NC(=O)CC(N)C1CCc2cc(F)c(F)cc21. The van der Waals surface area contributed by atoms with Crippen molar-refractivity contribution in [1.29, 1.82) is 0 Å². The van der Waals surface area contributed by atoms with Gasteiger partial charge in [0.15, 0.2) is 11.6 Å². The highest BCUT2D eigenvalue weighted by Gasteiger charge is 2.30. The molecule has 0 radical (unpaired) electrons. The fourth-order valence-electron chi connectivity index (χ4n) is 2.88. The molecule has 7 heteroatoms. The Morgan fingerprint density at radius 3 is 2.83 bits per heavy atom. The highest BCUT2D eigenvalue weighted by molar-refractivity contribution is 6.00. The molecule has 23 heavy (non-hydrogen) atoms. The van der Waals surface area contributed by atoms with Crippen LogP contribution in [-0.2, 0) is 11.2 Å². The summed E-state index contributed by atoms with van der Waals surface area (Å²) in [5.74, 6) is -1.99. The number of benzene rings is 1. The Morgan fingerprint density at radius 2 is 2.17 bits per heavy atom. The van der Waals surface area contributed by atoms with E-state index in [-0.39, 0.29) is 24.2 Å².